The molecule has 1 N–H and O–H groups in total. The van der Waals surface area contributed by atoms with E-state index in [1.54, 1.807) is 31.2 Å². The summed E-state index contributed by atoms with van der Waals surface area (Å²) in [5.74, 6) is -1.08. The van der Waals surface area contributed by atoms with Crippen molar-refractivity contribution in [3.63, 3.8) is 0 Å². The topological polar surface area (TPSA) is 46.5 Å². The van der Waals surface area contributed by atoms with Crippen molar-refractivity contribution in [2.75, 3.05) is 7.11 Å². The molecular formula is C33H33F7O3. The predicted octanol–water partition coefficient (Wildman–Crippen LogP) is 8.80. The van der Waals surface area contributed by atoms with Crippen LogP contribution in [-0.4, -0.2) is 36.1 Å². The zero-order chi connectivity index (χ0) is 32.4. The Kier molecular flexibility index (Phi) is 9.85. The zero-order valence-corrected chi connectivity index (χ0v) is 24.4. The molecule has 0 radical (unpaired) electrons. The van der Waals surface area contributed by atoms with Crippen LogP contribution in [0.3, 0.4) is 0 Å². The van der Waals surface area contributed by atoms with Crippen LogP contribution in [0.5, 0.6) is 0 Å². The van der Waals surface area contributed by atoms with Gasteiger partial charge in [-0.1, -0.05) is 68.5 Å². The largest absolute Gasteiger partial charge is 0.469 e. The standard InChI is InChI=1S/C33H33F7O3/c1-6-30(7-2,25-11-10-22(20(3)16-25)14-15-31(42,32(35,36)37)33(38,39)40)26-12-13-27(21(4)17-26)23-8-9-24(28(34)18-23)19-29(41)43-5/h8-18,42H,6-7,19H2,1-5H3/b15-14+. The van der Waals surface area contributed by atoms with E-state index in [0.717, 1.165) is 22.3 Å². The molecule has 0 aliphatic rings. The maximum absolute atomic E-state index is 14.7. The van der Waals surface area contributed by atoms with Crippen molar-refractivity contribution in [1.29, 1.82) is 0 Å². The molecule has 0 fully saturated rings. The van der Waals surface area contributed by atoms with Gasteiger partial charge in [0.05, 0.1) is 13.5 Å². The molecular weight excluding hydrogens is 577 g/mol. The molecule has 43 heavy (non-hydrogen) atoms. The van der Waals surface area contributed by atoms with Gasteiger partial charge < -0.3 is 9.84 Å². The minimum Gasteiger partial charge on any atom is -0.469 e. The number of carbonyl (C=O) groups is 1. The zero-order valence-electron chi connectivity index (χ0n) is 24.4. The van der Waals surface area contributed by atoms with Gasteiger partial charge in [-0.25, -0.2) is 4.39 Å². The van der Waals surface area contributed by atoms with Crippen LogP contribution in [0.1, 0.15) is 60.1 Å². The number of benzene rings is 3. The maximum Gasteiger partial charge on any atom is 0.430 e. The Bertz CT molecular complexity index is 1490. The lowest BCUT2D eigenvalue weighted by atomic mass is 9.69. The third kappa shape index (κ3) is 6.64. The summed E-state index contributed by atoms with van der Waals surface area (Å²) < 4.78 is 98.0. The number of methoxy groups -OCH3 is 1. The van der Waals surface area contributed by atoms with Crippen LogP contribution in [0.25, 0.3) is 17.2 Å². The average molecular weight is 611 g/mol. The minimum absolute atomic E-state index is 0.0981. The maximum atomic E-state index is 14.7. The third-order valence-corrected chi connectivity index (χ3v) is 8.10. The second-order valence-electron chi connectivity index (χ2n) is 10.5. The highest BCUT2D eigenvalue weighted by molar-refractivity contribution is 5.74. The van der Waals surface area contributed by atoms with Crippen LogP contribution in [0.4, 0.5) is 30.7 Å². The SMILES string of the molecule is CCC(CC)(c1ccc(/C=C/C(O)(C(F)(F)F)C(F)(F)F)c(C)c1)c1ccc(-c2ccc(CC(=O)OC)c(F)c2)c(C)c1. The molecule has 0 bridgehead atoms. The Balaban J connectivity index is 2.00. The third-order valence-electron chi connectivity index (χ3n) is 8.10. The summed E-state index contributed by atoms with van der Waals surface area (Å²) in [6, 6.07) is 15.2. The number of aryl methyl sites for hydroxylation is 2. The molecule has 3 nitrogen and oxygen atoms in total. The molecule has 0 atom stereocenters. The molecule has 232 valence electrons. The Labute approximate surface area is 246 Å². The van der Waals surface area contributed by atoms with Crippen LogP contribution in [0, 0.1) is 19.7 Å². The number of carbonyl (C=O) groups excluding carboxylic acids is 1. The lowest BCUT2D eigenvalue weighted by Crippen LogP contribution is -2.55. The first-order valence-corrected chi connectivity index (χ1v) is 13.6. The summed E-state index contributed by atoms with van der Waals surface area (Å²) in [6.45, 7) is 7.43. The highest BCUT2D eigenvalue weighted by Gasteiger charge is 2.68. The smallest absolute Gasteiger partial charge is 0.430 e. The predicted molar refractivity (Wildman–Crippen MR) is 151 cm³/mol. The van der Waals surface area contributed by atoms with E-state index in [1.807, 2.05) is 39.0 Å². The van der Waals surface area contributed by atoms with Gasteiger partial charge in [-0.2, -0.15) is 26.3 Å². The van der Waals surface area contributed by atoms with E-state index in [1.165, 1.54) is 19.2 Å². The number of hydrogen-bond acceptors (Lipinski definition) is 3. The molecule has 0 aromatic heterocycles. The highest BCUT2D eigenvalue weighted by Crippen LogP contribution is 2.45. The number of rotatable bonds is 9. The van der Waals surface area contributed by atoms with E-state index in [2.05, 4.69) is 4.74 Å². The van der Waals surface area contributed by atoms with E-state index in [4.69, 9.17) is 0 Å². The van der Waals surface area contributed by atoms with Crippen molar-refractivity contribution in [3.8, 4) is 11.1 Å². The number of hydrogen-bond donors (Lipinski definition) is 1. The Morgan fingerprint density at radius 3 is 1.86 bits per heavy atom. The van der Waals surface area contributed by atoms with E-state index in [9.17, 15) is 40.6 Å². The molecule has 0 saturated heterocycles. The molecule has 0 unspecified atom stereocenters. The normalized spacial score (nSPS) is 13.0. The van der Waals surface area contributed by atoms with Gasteiger partial charge in [-0.15, -0.1) is 0 Å². The Morgan fingerprint density at radius 1 is 0.837 bits per heavy atom. The summed E-state index contributed by atoms with van der Waals surface area (Å²) in [6.07, 6.45) is -10.4. The molecule has 3 aromatic rings. The van der Waals surface area contributed by atoms with E-state index >= 15 is 0 Å². The Morgan fingerprint density at radius 2 is 1.40 bits per heavy atom. The van der Waals surface area contributed by atoms with Gasteiger partial charge in [0.1, 0.15) is 5.82 Å². The van der Waals surface area contributed by atoms with Crippen molar-refractivity contribution >= 4 is 12.0 Å². The van der Waals surface area contributed by atoms with Crippen LogP contribution in [-0.2, 0) is 21.4 Å². The summed E-state index contributed by atoms with van der Waals surface area (Å²) in [5, 5.41) is 9.47. The molecule has 0 aliphatic carbocycles. The van der Waals surface area contributed by atoms with Gasteiger partial charge in [0.25, 0.3) is 5.60 Å². The number of aliphatic hydroxyl groups is 1. The molecule has 0 spiro atoms. The number of alkyl halides is 6. The summed E-state index contributed by atoms with van der Waals surface area (Å²) in [5.41, 5.74) is -0.744. The van der Waals surface area contributed by atoms with Gasteiger partial charge in [0, 0.05) is 5.41 Å². The van der Waals surface area contributed by atoms with Crippen molar-refractivity contribution in [2.45, 2.75) is 70.3 Å². The quantitative estimate of drug-likeness (QED) is 0.195. The van der Waals surface area contributed by atoms with Crippen molar-refractivity contribution < 1.29 is 45.4 Å². The summed E-state index contributed by atoms with van der Waals surface area (Å²) >= 11 is 0. The highest BCUT2D eigenvalue weighted by atomic mass is 19.4. The van der Waals surface area contributed by atoms with E-state index in [0.29, 0.717) is 30.0 Å². The Hall–Kier alpha value is -3.66. The van der Waals surface area contributed by atoms with Gasteiger partial charge >= 0.3 is 18.3 Å². The second-order valence-corrected chi connectivity index (χ2v) is 10.5. The van der Waals surface area contributed by atoms with Crippen LogP contribution < -0.4 is 0 Å². The summed E-state index contributed by atoms with van der Waals surface area (Å²) in [7, 11) is 1.23. The number of halogens is 7. The average Bonchev–Trinajstić information content (AvgIpc) is 2.93. The van der Waals surface area contributed by atoms with Crippen LogP contribution in [0.2, 0.25) is 0 Å². The lowest BCUT2D eigenvalue weighted by molar-refractivity contribution is -0.347. The van der Waals surface area contributed by atoms with Gasteiger partial charge in [0.15, 0.2) is 0 Å². The molecule has 0 heterocycles. The first-order valence-electron chi connectivity index (χ1n) is 13.6. The fraction of sp³-hybridized carbons (Fsp3) is 0.364. The first kappa shape index (κ1) is 33.8. The molecule has 0 saturated carbocycles. The molecule has 3 aromatic carbocycles. The number of ether oxygens (including phenoxy) is 1. The molecule has 0 amide bonds. The number of esters is 1. The van der Waals surface area contributed by atoms with Crippen molar-refractivity contribution in [2.24, 2.45) is 0 Å². The monoisotopic (exact) mass is 610 g/mol. The summed E-state index contributed by atoms with van der Waals surface area (Å²) in [4.78, 5) is 11.5. The van der Waals surface area contributed by atoms with E-state index < -0.39 is 35.2 Å². The van der Waals surface area contributed by atoms with Crippen LogP contribution >= 0.6 is 0 Å². The molecule has 0 aliphatic heterocycles. The van der Waals surface area contributed by atoms with Gasteiger partial charge in [-0.3, -0.25) is 4.79 Å². The van der Waals surface area contributed by atoms with Gasteiger partial charge in [-0.05, 0) is 83.3 Å². The molecule has 10 heteroatoms. The first-order chi connectivity index (χ1) is 19.9. The van der Waals surface area contributed by atoms with Crippen LogP contribution in [0.15, 0.2) is 60.7 Å². The fourth-order valence-corrected chi connectivity index (χ4v) is 5.32. The van der Waals surface area contributed by atoms with E-state index in [-0.39, 0.29) is 23.6 Å². The van der Waals surface area contributed by atoms with Gasteiger partial charge in [0.2, 0.25) is 0 Å². The second kappa shape index (κ2) is 12.5. The van der Waals surface area contributed by atoms with Crippen molar-refractivity contribution in [1.82, 2.24) is 0 Å². The van der Waals surface area contributed by atoms with Crippen molar-refractivity contribution in [3.05, 3.63) is 99.9 Å². The molecule has 3 rings (SSSR count). The minimum atomic E-state index is -5.95. The lowest BCUT2D eigenvalue weighted by Gasteiger charge is -2.34. The fourth-order valence-electron chi connectivity index (χ4n) is 5.32.